The van der Waals surface area contributed by atoms with E-state index in [0.717, 1.165) is 11.6 Å². The van der Waals surface area contributed by atoms with Crippen molar-refractivity contribution in [1.29, 1.82) is 0 Å². The largest absolute Gasteiger partial charge is 0.478 e. The molecule has 0 heterocycles. The molecule has 3 nitrogen and oxygen atoms in total. The molecule has 1 aromatic rings. The van der Waals surface area contributed by atoms with Crippen molar-refractivity contribution in [3.8, 4) is 0 Å². The maximum atomic E-state index is 10.8. The number of nitrogens with one attached hydrogen (secondary N) is 1. The predicted octanol–water partition coefficient (Wildman–Crippen LogP) is 3.78. The monoisotopic (exact) mass is 285 g/mol. The molecule has 0 spiro atoms. The third kappa shape index (κ3) is 6.13. The molecule has 0 saturated carbocycles. The third-order valence-electron chi connectivity index (χ3n) is 3.01. The molecule has 0 unspecified atom stereocenters. The molecule has 0 saturated heterocycles. The fourth-order valence-corrected chi connectivity index (χ4v) is 1.79. The van der Waals surface area contributed by atoms with E-state index < -0.39 is 5.97 Å². The molecule has 0 aliphatic rings. The molecule has 0 bridgehead atoms. The van der Waals surface area contributed by atoms with Gasteiger partial charge in [-0.2, -0.15) is 0 Å². The van der Waals surface area contributed by atoms with Gasteiger partial charge in [-0.15, -0.1) is 0 Å². The van der Waals surface area contributed by atoms with Gasteiger partial charge < -0.3 is 10.4 Å². The highest BCUT2D eigenvalue weighted by molar-refractivity contribution is 5.81. The summed E-state index contributed by atoms with van der Waals surface area (Å²) in [5.41, 5.74) is 3.06. The molecule has 0 radical (unpaired) electrons. The van der Waals surface area contributed by atoms with Crippen LogP contribution in [-0.2, 0) is 16.8 Å². The number of benzene rings is 1. The maximum absolute atomic E-state index is 10.8. The fourth-order valence-electron chi connectivity index (χ4n) is 1.79. The zero-order valence-electron chi connectivity index (χ0n) is 12.9. The molecule has 2 N–H and O–H groups in total. The molecule has 1 aromatic carbocycles. The Morgan fingerprint density at radius 1 is 1.29 bits per heavy atom. The average Bonchev–Trinajstić information content (AvgIpc) is 2.41. The molecule has 0 aliphatic carbocycles. The number of hydrogen-bond acceptors (Lipinski definition) is 2. The fraction of sp³-hybridized carbons (Fsp3) is 0.278. The van der Waals surface area contributed by atoms with E-state index in [1.807, 2.05) is 0 Å². The van der Waals surface area contributed by atoms with Crippen molar-refractivity contribution in [2.24, 2.45) is 0 Å². The molecule has 0 fully saturated rings. The smallest absolute Gasteiger partial charge is 0.330 e. The van der Waals surface area contributed by atoms with Gasteiger partial charge in [-0.3, -0.25) is 0 Å². The van der Waals surface area contributed by atoms with Gasteiger partial charge >= 0.3 is 5.97 Å². The molecular formula is C18H23NO2. The lowest BCUT2D eigenvalue weighted by Gasteiger charge is -2.19. The molecular weight excluding hydrogens is 262 g/mol. The van der Waals surface area contributed by atoms with Crippen molar-refractivity contribution in [2.45, 2.75) is 32.7 Å². The van der Waals surface area contributed by atoms with E-state index in [-0.39, 0.29) is 5.41 Å². The lowest BCUT2D eigenvalue weighted by molar-refractivity contribution is -0.131. The quantitative estimate of drug-likeness (QED) is 0.617. The highest BCUT2D eigenvalue weighted by Gasteiger charge is 2.12. The lowest BCUT2D eigenvalue weighted by Crippen LogP contribution is -2.14. The minimum Gasteiger partial charge on any atom is -0.478 e. The van der Waals surface area contributed by atoms with Crippen LogP contribution in [0.25, 0.3) is 0 Å². The van der Waals surface area contributed by atoms with E-state index in [0.29, 0.717) is 12.2 Å². The van der Waals surface area contributed by atoms with Gasteiger partial charge in [0, 0.05) is 18.3 Å². The third-order valence-corrected chi connectivity index (χ3v) is 3.01. The summed E-state index contributed by atoms with van der Waals surface area (Å²) in [5, 5.41) is 11.9. The van der Waals surface area contributed by atoms with Crippen molar-refractivity contribution < 1.29 is 9.90 Å². The highest BCUT2D eigenvalue weighted by atomic mass is 16.4. The van der Waals surface area contributed by atoms with Crippen LogP contribution in [0.3, 0.4) is 0 Å². The number of carboxylic acids is 1. The van der Waals surface area contributed by atoms with Gasteiger partial charge in [0.1, 0.15) is 0 Å². The predicted molar refractivity (Wildman–Crippen MR) is 87.0 cm³/mol. The molecule has 112 valence electrons. The van der Waals surface area contributed by atoms with Crippen molar-refractivity contribution in [2.75, 3.05) is 0 Å². The van der Waals surface area contributed by atoms with Crippen LogP contribution in [-0.4, -0.2) is 11.1 Å². The number of carbonyl (C=O) groups is 1. The Morgan fingerprint density at radius 3 is 2.38 bits per heavy atom. The Labute approximate surface area is 126 Å². The van der Waals surface area contributed by atoms with Crippen LogP contribution in [0.1, 0.15) is 31.9 Å². The van der Waals surface area contributed by atoms with E-state index in [9.17, 15) is 4.79 Å². The summed E-state index contributed by atoms with van der Waals surface area (Å²) >= 11 is 0. The molecule has 21 heavy (non-hydrogen) atoms. The van der Waals surface area contributed by atoms with E-state index in [2.05, 4.69) is 56.9 Å². The Kier molecular flexibility index (Phi) is 5.97. The van der Waals surface area contributed by atoms with Gasteiger partial charge in [0.15, 0.2) is 0 Å². The second-order valence-corrected chi connectivity index (χ2v) is 5.83. The normalized spacial score (nSPS) is 12.4. The first-order chi connectivity index (χ1) is 9.82. The first kappa shape index (κ1) is 16.8. The minimum absolute atomic E-state index is 0.132. The topological polar surface area (TPSA) is 49.3 Å². The van der Waals surface area contributed by atoms with Crippen LogP contribution >= 0.6 is 0 Å². The zero-order valence-corrected chi connectivity index (χ0v) is 12.9. The van der Waals surface area contributed by atoms with Crippen LogP contribution in [0.15, 0.2) is 60.8 Å². The van der Waals surface area contributed by atoms with E-state index in [4.69, 9.17) is 5.11 Å². The van der Waals surface area contributed by atoms with Crippen LogP contribution in [0.4, 0.5) is 0 Å². The summed E-state index contributed by atoms with van der Waals surface area (Å²) in [5.74, 6) is -0.978. The number of carboxylic acid groups (broad SMARTS) is 1. The molecule has 0 aliphatic heterocycles. The maximum Gasteiger partial charge on any atom is 0.330 e. The van der Waals surface area contributed by atoms with Crippen LogP contribution in [0, 0.1) is 0 Å². The van der Waals surface area contributed by atoms with Gasteiger partial charge in [0.2, 0.25) is 0 Å². The molecule has 3 heteroatoms. The van der Waals surface area contributed by atoms with Crippen LogP contribution in [0.5, 0.6) is 0 Å². The van der Waals surface area contributed by atoms with Crippen LogP contribution in [0.2, 0.25) is 0 Å². The standard InChI is InChI=1S/C18H23NO2/c1-5-6-7-16(12-17(20)21)19-13-14-8-10-15(11-9-14)18(2,3)4/h5-12,19H,1,13H2,2-4H3,(H,20,21)/b7-6-,16-12-. The highest BCUT2D eigenvalue weighted by Crippen LogP contribution is 2.22. The first-order valence-corrected chi connectivity index (χ1v) is 6.90. The number of hydrogen-bond donors (Lipinski definition) is 2. The molecule has 1 rings (SSSR count). The SMILES string of the molecule is C=C/C=C\C(=C\C(=O)O)NCc1ccc(C(C)(C)C)cc1. The summed E-state index contributed by atoms with van der Waals surface area (Å²) in [6.45, 7) is 10.7. The minimum atomic E-state index is -0.978. The lowest BCUT2D eigenvalue weighted by atomic mass is 9.87. The van der Waals surface area contributed by atoms with E-state index in [1.54, 1.807) is 18.2 Å². The summed E-state index contributed by atoms with van der Waals surface area (Å²) in [4.78, 5) is 10.8. The first-order valence-electron chi connectivity index (χ1n) is 6.90. The Balaban J connectivity index is 2.74. The number of rotatable bonds is 6. The zero-order chi connectivity index (χ0) is 15.9. The van der Waals surface area contributed by atoms with Crippen LogP contribution < -0.4 is 5.32 Å². The Morgan fingerprint density at radius 2 is 1.90 bits per heavy atom. The molecule has 0 amide bonds. The average molecular weight is 285 g/mol. The summed E-state index contributed by atoms with van der Waals surface area (Å²) < 4.78 is 0. The summed E-state index contributed by atoms with van der Waals surface area (Å²) in [7, 11) is 0. The second kappa shape index (κ2) is 7.48. The summed E-state index contributed by atoms with van der Waals surface area (Å²) in [6.07, 6.45) is 6.13. The van der Waals surface area contributed by atoms with Crippen molar-refractivity contribution in [3.63, 3.8) is 0 Å². The van der Waals surface area contributed by atoms with E-state index in [1.165, 1.54) is 5.56 Å². The van der Waals surface area contributed by atoms with E-state index >= 15 is 0 Å². The van der Waals surface area contributed by atoms with Gasteiger partial charge in [-0.05, 0) is 22.6 Å². The van der Waals surface area contributed by atoms with Crippen molar-refractivity contribution >= 4 is 5.97 Å². The second-order valence-electron chi connectivity index (χ2n) is 5.83. The molecule has 0 aromatic heterocycles. The number of aliphatic carboxylic acids is 1. The van der Waals surface area contributed by atoms with Gasteiger partial charge in [-0.1, -0.05) is 63.8 Å². The van der Waals surface area contributed by atoms with Gasteiger partial charge in [0.25, 0.3) is 0 Å². The van der Waals surface area contributed by atoms with Gasteiger partial charge in [0.05, 0.1) is 0 Å². The van der Waals surface area contributed by atoms with Crippen molar-refractivity contribution in [3.05, 3.63) is 72.0 Å². The van der Waals surface area contributed by atoms with Gasteiger partial charge in [-0.25, -0.2) is 4.79 Å². The Bertz CT molecular complexity index is 546. The number of allylic oxidation sites excluding steroid dienone is 3. The molecule has 0 atom stereocenters. The van der Waals surface area contributed by atoms with Crippen molar-refractivity contribution in [1.82, 2.24) is 5.32 Å². The Hall–Kier alpha value is -2.29. The summed E-state index contributed by atoms with van der Waals surface area (Å²) in [6, 6.07) is 8.33.